The summed E-state index contributed by atoms with van der Waals surface area (Å²) in [7, 11) is 4.36. The van der Waals surface area contributed by atoms with E-state index in [1.807, 2.05) is 0 Å². The van der Waals surface area contributed by atoms with Crippen LogP contribution in [-0.2, 0) is 10.8 Å². The van der Waals surface area contributed by atoms with Crippen LogP contribution < -0.4 is 28.9 Å². The third-order valence-corrected chi connectivity index (χ3v) is 9.12. The number of benzene rings is 4. The van der Waals surface area contributed by atoms with E-state index in [1.165, 1.54) is 55.5 Å². The summed E-state index contributed by atoms with van der Waals surface area (Å²) in [6.45, 7) is 9.33. The molecule has 0 aliphatic carbocycles. The Labute approximate surface area is 257 Å². The van der Waals surface area contributed by atoms with Crippen LogP contribution >= 0.6 is 15.9 Å². The number of hydrogen-bond acceptors (Lipinski definition) is 1. The Bertz CT molecular complexity index is 1750. The summed E-state index contributed by atoms with van der Waals surface area (Å²) in [5.41, 5.74) is 7.77. The number of rotatable bonds is 3. The van der Waals surface area contributed by atoms with Crippen molar-refractivity contribution in [3.63, 3.8) is 0 Å². The first-order valence-electron chi connectivity index (χ1n) is 13.3. The lowest BCUT2D eigenvalue weighted by Crippen LogP contribution is -3.00. The number of halogens is 2. The van der Waals surface area contributed by atoms with E-state index in [-0.39, 0.29) is 34.8 Å². The number of anilines is 1. The van der Waals surface area contributed by atoms with Crippen molar-refractivity contribution in [2.45, 2.75) is 38.5 Å². The highest BCUT2D eigenvalue weighted by Gasteiger charge is 2.44. The average molecular weight is 689 g/mol. The molecule has 0 fully saturated rings. The van der Waals surface area contributed by atoms with Crippen LogP contribution in [0.5, 0.6) is 0 Å². The third kappa shape index (κ3) is 4.31. The van der Waals surface area contributed by atoms with Crippen molar-refractivity contribution < 1.29 is 28.6 Å². The van der Waals surface area contributed by atoms with Crippen LogP contribution in [0.3, 0.4) is 0 Å². The largest absolute Gasteiger partial charge is 1.00 e. The van der Waals surface area contributed by atoms with Gasteiger partial charge in [-0.15, -0.1) is 0 Å². The summed E-state index contributed by atoms with van der Waals surface area (Å²) >= 11 is 3.84. The van der Waals surface area contributed by atoms with Crippen molar-refractivity contribution in [1.29, 1.82) is 0 Å². The van der Waals surface area contributed by atoms with Gasteiger partial charge in [0, 0.05) is 46.0 Å². The monoisotopic (exact) mass is 688 g/mol. The zero-order valence-corrected chi connectivity index (χ0v) is 27.1. The van der Waals surface area contributed by atoms with Crippen LogP contribution in [0, 0.1) is 0 Å². The Kier molecular flexibility index (Phi) is 7.17. The fourth-order valence-electron chi connectivity index (χ4n) is 6.76. The molecule has 0 amide bonds. The van der Waals surface area contributed by atoms with Gasteiger partial charge < -0.3 is 28.9 Å². The van der Waals surface area contributed by atoms with E-state index in [2.05, 4.69) is 164 Å². The molecule has 0 saturated carbocycles. The predicted octanol–water partition coefficient (Wildman–Crippen LogP) is 6.15. The van der Waals surface area contributed by atoms with E-state index in [4.69, 9.17) is 0 Å². The van der Waals surface area contributed by atoms with E-state index < -0.39 is 0 Å². The first kappa shape index (κ1) is 27.9. The molecule has 4 aromatic carbocycles. The molecule has 6 rings (SSSR count). The number of likely N-dealkylation sites (N-methyl/N-ethyl adjacent to an activating group) is 1. The average Bonchev–Trinajstić information content (AvgIpc) is 3.23. The van der Waals surface area contributed by atoms with Gasteiger partial charge in [-0.05, 0) is 71.3 Å². The molecule has 0 saturated heterocycles. The minimum Gasteiger partial charge on any atom is -1.00 e. The normalized spacial score (nSPS) is 18.8. The van der Waals surface area contributed by atoms with Crippen LogP contribution in [0.4, 0.5) is 11.4 Å². The molecule has 0 aromatic heterocycles. The predicted molar refractivity (Wildman–Crippen MR) is 167 cm³/mol. The minimum atomic E-state index is -0.0937. The fraction of sp³-hybridized carbons (Fsp3) is 0.229. The summed E-state index contributed by atoms with van der Waals surface area (Å²) in [4.78, 5) is 2.34. The zero-order valence-electron chi connectivity index (χ0n) is 23.4. The van der Waals surface area contributed by atoms with E-state index in [0.717, 1.165) is 4.48 Å². The maximum Gasteiger partial charge on any atom is 0.210 e. The molecule has 2 heterocycles. The van der Waals surface area contributed by atoms with Gasteiger partial charge in [-0.2, -0.15) is 4.58 Å². The topological polar surface area (TPSA) is 6.25 Å². The minimum absolute atomic E-state index is 0. The highest BCUT2D eigenvalue weighted by molar-refractivity contribution is 9.11. The van der Waals surface area contributed by atoms with Crippen LogP contribution in [0.15, 0.2) is 107 Å². The van der Waals surface area contributed by atoms with E-state index in [0.29, 0.717) is 0 Å². The first-order chi connectivity index (χ1) is 18.1. The summed E-state index contributed by atoms with van der Waals surface area (Å²) in [5.74, 6) is 0. The summed E-state index contributed by atoms with van der Waals surface area (Å²) in [6, 6.07) is 26.4. The summed E-state index contributed by atoms with van der Waals surface area (Å²) in [6.07, 6.45) is 8.89. The van der Waals surface area contributed by atoms with Crippen molar-refractivity contribution in [3.05, 3.63) is 118 Å². The smallest absolute Gasteiger partial charge is 0.210 e. The lowest BCUT2D eigenvalue weighted by molar-refractivity contribution is -0.401. The van der Waals surface area contributed by atoms with E-state index in [9.17, 15) is 0 Å². The Morgan fingerprint density at radius 1 is 0.795 bits per heavy atom. The second kappa shape index (κ2) is 10.0. The summed E-state index contributed by atoms with van der Waals surface area (Å²) in [5, 5.41) is 5.26. The van der Waals surface area contributed by atoms with Gasteiger partial charge in [0.25, 0.3) is 0 Å². The molecule has 0 radical (unpaired) electrons. The molecule has 0 N–H and O–H groups in total. The van der Waals surface area contributed by atoms with Crippen molar-refractivity contribution in [1.82, 2.24) is 0 Å². The molecule has 0 bridgehead atoms. The lowest BCUT2D eigenvalue weighted by atomic mass is 9.79. The lowest BCUT2D eigenvalue weighted by Gasteiger charge is -2.24. The quantitative estimate of drug-likeness (QED) is 0.142. The zero-order chi connectivity index (χ0) is 26.8. The maximum absolute atomic E-state index is 3.84. The molecule has 2 aliphatic heterocycles. The van der Waals surface area contributed by atoms with Gasteiger partial charge in [0.05, 0.1) is 5.41 Å². The van der Waals surface area contributed by atoms with Crippen molar-refractivity contribution in [2.75, 3.05) is 19.0 Å². The highest BCUT2D eigenvalue weighted by atomic mass is 127. The van der Waals surface area contributed by atoms with Crippen molar-refractivity contribution in [2.24, 2.45) is 0 Å². The Balaban J connectivity index is 0.00000308. The standard InChI is InChI=1S/C35H34BrN2.HI/c1-34(2)30(37(5)28-19-15-23-11-7-9-13-26(23)32(28)34)21-17-25(36)18-22-31-35(3,4)33-27-14-10-8-12-24(27)16-20-29(33)38(31)6;/h7-22H,1-6H3;1H/q+1;/p-1. The number of allylic oxidation sites excluding steroid dienone is 6. The Hall–Kier alpha value is -2.70. The molecule has 2 aliphatic rings. The molecule has 4 aromatic rings. The van der Waals surface area contributed by atoms with Crippen LogP contribution in [0.1, 0.15) is 38.8 Å². The van der Waals surface area contributed by atoms with Gasteiger partial charge in [-0.25, -0.2) is 0 Å². The van der Waals surface area contributed by atoms with Gasteiger partial charge in [-0.1, -0.05) is 84.4 Å². The van der Waals surface area contributed by atoms with Gasteiger partial charge in [-0.3, -0.25) is 0 Å². The third-order valence-electron chi connectivity index (χ3n) is 8.59. The van der Waals surface area contributed by atoms with Crippen LogP contribution in [0.25, 0.3) is 21.5 Å². The molecular formula is C35H34BrIN2. The fourth-order valence-corrected chi connectivity index (χ4v) is 7.02. The Morgan fingerprint density at radius 2 is 1.38 bits per heavy atom. The molecule has 2 nitrogen and oxygen atoms in total. The van der Waals surface area contributed by atoms with E-state index in [1.54, 1.807) is 0 Å². The van der Waals surface area contributed by atoms with Gasteiger partial charge in [0.15, 0.2) is 5.71 Å². The highest BCUT2D eigenvalue weighted by Crippen LogP contribution is 2.50. The van der Waals surface area contributed by atoms with Crippen molar-refractivity contribution >= 4 is 54.6 Å². The van der Waals surface area contributed by atoms with Crippen molar-refractivity contribution in [3.8, 4) is 0 Å². The second-order valence-corrected chi connectivity index (χ2v) is 12.5. The first-order valence-corrected chi connectivity index (χ1v) is 14.1. The number of nitrogens with zero attached hydrogens (tertiary/aromatic N) is 2. The van der Waals surface area contributed by atoms with Crippen LogP contribution in [-0.4, -0.2) is 24.4 Å². The SMILES string of the molecule is CN1/C(=C/C=C(Br)/C=C/C2=[N+](C)c3ccc4ccccc4c3C2(C)C)C(C)(C)c2c1ccc1ccccc21.[I-]. The van der Waals surface area contributed by atoms with Crippen LogP contribution in [0.2, 0.25) is 0 Å². The molecule has 0 atom stereocenters. The molecule has 0 unspecified atom stereocenters. The summed E-state index contributed by atoms with van der Waals surface area (Å²) < 4.78 is 3.39. The molecule has 0 spiro atoms. The van der Waals surface area contributed by atoms with Gasteiger partial charge in [0.2, 0.25) is 5.69 Å². The second-order valence-electron chi connectivity index (χ2n) is 11.6. The number of hydrogen-bond donors (Lipinski definition) is 0. The molecule has 198 valence electrons. The maximum atomic E-state index is 3.84. The Morgan fingerprint density at radius 3 is 2.05 bits per heavy atom. The van der Waals surface area contributed by atoms with E-state index >= 15 is 0 Å². The number of fused-ring (bicyclic) bond motifs is 6. The molecule has 4 heteroatoms. The molecular weight excluding hydrogens is 655 g/mol. The molecule has 39 heavy (non-hydrogen) atoms. The van der Waals surface area contributed by atoms with Gasteiger partial charge >= 0.3 is 0 Å². The van der Waals surface area contributed by atoms with Gasteiger partial charge in [0.1, 0.15) is 7.05 Å².